The summed E-state index contributed by atoms with van der Waals surface area (Å²) in [5, 5.41) is 12.6. The van der Waals surface area contributed by atoms with Gasteiger partial charge in [-0.05, 0) is 29.7 Å². The molecule has 0 bridgehead atoms. The lowest BCUT2D eigenvalue weighted by Crippen LogP contribution is -2.22. The van der Waals surface area contributed by atoms with Crippen LogP contribution in [-0.2, 0) is 6.54 Å². The summed E-state index contributed by atoms with van der Waals surface area (Å²) in [4.78, 5) is 0. The van der Waals surface area contributed by atoms with Crippen molar-refractivity contribution in [2.24, 2.45) is 0 Å². The van der Waals surface area contributed by atoms with E-state index in [9.17, 15) is 9.50 Å². The number of hydrogen-bond acceptors (Lipinski definition) is 2. The van der Waals surface area contributed by atoms with Gasteiger partial charge < -0.3 is 10.4 Å². The fourth-order valence-corrected chi connectivity index (χ4v) is 2.59. The van der Waals surface area contributed by atoms with Gasteiger partial charge in [0.1, 0.15) is 5.82 Å². The summed E-state index contributed by atoms with van der Waals surface area (Å²) >= 11 is 3.36. The van der Waals surface area contributed by atoms with E-state index in [1.165, 1.54) is 12.1 Å². The summed E-state index contributed by atoms with van der Waals surface area (Å²) in [6, 6.07) is 14.7. The van der Waals surface area contributed by atoms with Gasteiger partial charge in [-0.2, -0.15) is 0 Å². The van der Waals surface area contributed by atoms with E-state index in [0.717, 1.165) is 15.6 Å². The molecule has 2 aromatic rings. The first-order valence-electron chi connectivity index (χ1n) is 6.54. The van der Waals surface area contributed by atoms with Gasteiger partial charge in [-0.1, -0.05) is 52.3 Å². The van der Waals surface area contributed by atoms with E-state index in [2.05, 4.69) is 21.2 Å². The van der Waals surface area contributed by atoms with Crippen molar-refractivity contribution < 1.29 is 9.50 Å². The Morgan fingerprint density at radius 1 is 1.15 bits per heavy atom. The fourth-order valence-electron chi connectivity index (χ4n) is 2.10. The van der Waals surface area contributed by atoms with Gasteiger partial charge in [-0.3, -0.25) is 0 Å². The van der Waals surface area contributed by atoms with Crippen LogP contribution in [0.5, 0.6) is 0 Å². The molecule has 1 atom stereocenters. The van der Waals surface area contributed by atoms with Crippen LogP contribution in [0.1, 0.15) is 23.6 Å². The number of rotatable bonds is 6. The number of aliphatic hydroxyl groups excluding tert-OH is 1. The highest BCUT2D eigenvalue weighted by Crippen LogP contribution is 2.21. The molecular weight excluding hydrogens is 321 g/mol. The van der Waals surface area contributed by atoms with Crippen LogP contribution in [0.2, 0.25) is 0 Å². The molecule has 0 aromatic heterocycles. The summed E-state index contributed by atoms with van der Waals surface area (Å²) < 4.78 is 13.8. The Balaban J connectivity index is 2.06. The molecule has 0 amide bonds. The van der Waals surface area contributed by atoms with Gasteiger partial charge in [-0.15, -0.1) is 0 Å². The number of benzene rings is 2. The first-order valence-corrected chi connectivity index (χ1v) is 7.33. The van der Waals surface area contributed by atoms with Crippen molar-refractivity contribution in [3.05, 3.63) is 69.9 Å². The Morgan fingerprint density at radius 3 is 2.55 bits per heavy atom. The summed E-state index contributed by atoms with van der Waals surface area (Å²) in [7, 11) is 0. The van der Waals surface area contributed by atoms with Crippen LogP contribution in [0.3, 0.4) is 0 Å². The van der Waals surface area contributed by atoms with Crippen LogP contribution in [0.15, 0.2) is 53.0 Å². The molecule has 0 aliphatic heterocycles. The third-order valence-electron chi connectivity index (χ3n) is 3.17. The maximum absolute atomic E-state index is 13.0. The Kier molecular flexibility index (Phi) is 5.71. The molecule has 0 saturated heterocycles. The van der Waals surface area contributed by atoms with E-state index in [-0.39, 0.29) is 18.5 Å². The monoisotopic (exact) mass is 337 g/mol. The molecule has 0 saturated carbocycles. The molecule has 20 heavy (non-hydrogen) atoms. The third-order valence-corrected chi connectivity index (χ3v) is 3.91. The lowest BCUT2D eigenvalue weighted by atomic mass is 10.0. The average molecular weight is 338 g/mol. The van der Waals surface area contributed by atoms with Gasteiger partial charge in [0.05, 0.1) is 0 Å². The maximum atomic E-state index is 13.0. The van der Waals surface area contributed by atoms with Gasteiger partial charge in [0.15, 0.2) is 0 Å². The predicted octanol–water partition coefficient (Wildman–Crippen LogP) is 3.80. The molecule has 106 valence electrons. The largest absolute Gasteiger partial charge is 0.396 e. The zero-order chi connectivity index (χ0) is 14.4. The number of aliphatic hydroxyl groups is 1. The topological polar surface area (TPSA) is 32.3 Å². The average Bonchev–Trinajstić information content (AvgIpc) is 2.46. The molecule has 4 heteroatoms. The minimum absolute atomic E-state index is 0.0816. The second-order valence-corrected chi connectivity index (χ2v) is 5.45. The minimum atomic E-state index is -0.254. The lowest BCUT2D eigenvalue weighted by molar-refractivity contribution is 0.265. The second-order valence-electron chi connectivity index (χ2n) is 4.59. The van der Waals surface area contributed by atoms with Crippen molar-refractivity contribution in [2.75, 3.05) is 6.61 Å². The SMILES string of the molecule is OCC[C@@H](NCc1ccc(F)cc1Br)c1ccccc1. The van der Waals surface area contributed by atoms with Gasteiger partial charge in [0.2, 0.25) is 0 Å². The van der Waals surface area contributed by atoms with E-state index in [0.29, 0.717) is 13.0 Å². The molecule has 0 unspecified atom stereocenters. The Morgan fingerprint density at radius 2 is 1.90 bits per heavy atom. The second kappa shape index (κ2) is 7.53. The first-order chi connectivity index (χ1) is 9.70. The van der Waals surface area contributed by atoms with E-state index < -0.39 is 0 Å². The molecule has 0 radical (unpaired) electrons. The highest BCUT2D eigenvalue weighted by Gasteiger charge is 2.11. The zero-order valence-corrected chi connectivity index (χ0v) is 12.6. The number of halogens is 2. The third kappa shape index (κ3) is 4.13. The summed E-state index contributed by atoms with van der Waals surface area (Å²) in [5.74, 6) is -0.254. The smallest absolute Gasteiger partial charge is 0.124 e. The van der Waals surface area contributed by atoms with E-state index in [1.54, 1.807) is 6.07 Å². The molecule has 0 aliphatic rings. The quantitative estimate of drug-likeness (QED) is 0.840. The fraction of sp³-hybridized carbons (Fsp3) is 0.250. The van der Waals surface area contributed by atoms with Crippen molar-refractivity contribution in [3.63, 3.8) is 0 Å². The Hall–Kier alpha value is -1.23. The summed E-state index contributed by atoms with van der Waals surface area (Å²) in [6.07, 6.45) is 0.642. The standard InChI is InChI=1S/C16H17BrFNO/c17-15-10-14(18)7-6-13(15)11-19-16(8-9-20)12-4-2-1-3-5-12/h1-7,10,16,19-20H,8-9,11H2/t16-/m1/s1. The molecule has 0 spiro atoms. The van der Waals surface area contributed by atoms with Crippen LogP contribution in [0, 0.1) is 5.82 Å². The highest BCUT2D eigenvalue weighted by molar-refractivity contribution is 9.10. The van der Waals surface area contributed by atoms with Crippen molar-refractivity contribution in [1.82, 2.24) is 5.32 Å². The van der Waals surface area contributed by atoms with Gasteiger partial charge in [-0.25, -0.2) is 4.39 Å². The van der Waals surface area contributed by atoms with Crippen molar-refractivity contribution in [3.8, 4) is 0 Å². The summed E-state index contributed by atoms with van der Waals surface area (Å²) in [5.41, 5.74) is 2.13. The van der Waals surface area contributed by atoms with Gasteiger partial charge in [0.25, 0.3) is 0 Å². The molecule has 2 aromatic carbocycles. The van der Waals surface area contributed by atoms with E-state index >= 15 is 0 Å². The maximum Gasteiger partial charge on any atom is 0.124 e. The molecular formula is C16H17BrFNO. The highest BCUT2D eigenvalue weighted by atomic mass is 79.9. The van der Waals surface area contributed by atoms with Gasteiger partial charge in [0, 0.05) is 23.7 Å². The number of nitrogens with one attached hydrogen (secondary N) is 1. The lowest BCUT2D eigenvalue weighted by Gasteiger charge is -2.19. The van der Waals surface area contributed by atoms with Gasteiger partial charge >= 0.3 is 0 Å². The molecule has 2 rings (SSSR count). The molecule has 0 aliphatic carbocycles. The van der Waals surface area contributed by atoms with Crippen LogP contribution in [0.25, 0.3) is 0 Å². The van der Waals surface area contributed by atoms with E-state index in [4.69, 9.17) is 0 Å². The van der Waals surface area contributed by atoms with Crippen molar-refractivity contribution in [1.29, 1.82) is 0 Å². The first kappa shape index (κ1) is 15.2. The zero-order valence-electron chi connectivity index (χ0n) is 11.0. The van der Waals surface area contributed by atoms with Crippen LogP contribution in [0.4, 0.5) is 4.39 Å². The predicted molar refractivity (Wildman–Crippen MR) is 81.8 cm³/mol. The van der Waals surface area contributed by atoms with Crippen LogP contribution >= 0.6 is 15.9 Å². The minimum Gasteiger partial charge on any atom is -0.396 e. The number of hydrogen-bond donors (Lipinski definition) is 2. The molecule has 0 heterocycles. The molecule has 0 fully saturated rings. The Bertz CT molecular complexity index is 547. The van der Waals surface area contributed by atoms with Crippen molar-refractivity contribution in [2.45, 2.75) is 19.0 Å². The summed E-state index contributed by atoms with van der Waals surface area (Å²) in [6.45, 7) is 0.734. The normalized spacial score (nSPS) is 12.3. The van der Waals surface area contributed by atoms with E-state index in [1.807, 2.05) is 30.3 Å². The van der Waals surface area contributed by atoms with Crippen molar-refractivity contribution >= 4 is 15.9 Å². The molecule has 2 nitrogen and oxygen atoms in total. The molecule has 2 N–H and O–H groups in total. The van der Waals surface area contributed by atoms with Crippen LogP contribution in [-0.4, -0.2) is 11.7 Å². The Labute approximate surface area is 126 Å². The van der Waals surface area contributed by atoms with Crippen LogP contribution < -0.4 is 5.32 Å².